The molecule has 0 amide bonds. The lowest BCUT2D eigenvalue weighted by Crippen LogP contribution is -2.37. The van der Waals surface area contributed by atoms with Gasteiger partial charge in [-0.1, -0.05) is 0 Å². The molecule has 4 aromatic rings. The Morgan fingerprint density at radius 2 is 1.44 bits per heavy atom. The van der Waals surface area contributed by atoms with Crippen LogP contribution >= 0.6 is 0 Å². The predicted octanol–water partition coefficient (Wildman–Crippen LogP) is 5.42. The largest absolute Gasteiger partial charge is 0.324 e. The summed E-state index contributed by atoms with van der Waals surface area (Å²) >= 11 is 0. The molecule has 1 aromatic carbocycles. The molecule has 0 saturated carbocycles. The van der Waals surface area contributed by atoms with Crippen molar-refractivity contribution in [3.05, 3.63) is 78.5 Å². The third-order valence-electron chi connectivity index (χ3n) is 5.07. The Morgan fingerprint density at radius 3 is 2.03 bits per heavy atom. The van der Waals surface area contributed by atoms with Crippen LogP contribution in [0.25, 0.3) is 27.9 Å². The summed E-state index contributed by atoms with van der Waals surface area (Å²) in [5.74, 6) is -1.61. The van der Waals surface area contributed by atoms with E-state index in [1.54, 1.807) is 29.0 Å². The summed E-state index contributed by atoms with van der Waals surface area (Å²) in [7, 11) is 0. The van der Waals surface area contributed by atoms with Gasteiger partial charge < -0.3 is 14.2 Å². The molecule has 0 fully saturated rings. The zero-order chi connectivity index (χ0) is 22.6. The average molecular weight is 435 g/mol. The van der Waals surface area contributed by atoms with Crippen molar-refractivity contribution in [2.75, 3.05) is 19.8 Å². The number of aromatic nitrogens is 3. The number of nitrogens with zero attached hydrogens (tertiary/aromatic N) is 3. The Hall–Kier alpha value is -3.13. The molecular weight excluding hydrogens is 409 g/mol. The first-order valence-corrected chi connectivity index (χ1v) is 10.7. The van der Waals surface area contributed by atoms with Gasteiger partial charge in [-0.05, 0) is 74.9 Å². The predicted molar refractivity (Wildman–Crippen MR) is 120 cm³/mol. The summed E-state index contributed by atoms with van der Waals surface area (Å²) in [6.07, 6.45) is 5.34. The van der Waals surface area contributed by atoms with Crippen molar-refractivity contribution < 1.29 is 18.6 Å². The van der Waals surface area contributed by atoms with Crippen LogP contribution < -0.4 is 0 Å². The maximum atomic E-state index is 13.6. The number of rotatable bonds is 9. The van der Waals surface area contributed by atoms with E-state index in [-0.39, 0.29) is 5.82 Å². The molecule has 3 aromatic heterocycles. The van der Waals surface area contributed by atoms with Gasteiger partial charge in [-0.3, -0.25) is 4.98 Å². The van der Waals surface area contributed by atoms with E-state index >= 15 is 0 Å². The standard InChI is InChI=1S/C25H26FN3O3/c1-4-30-25(31-5-2,32-6-3)20-9-12-22-23(18-13-15-27-16-14-18)24(28-29(22)17-20)19-7-10-21(26)11-8-19/h7-17H,4-6H2,1-3H3. The van der Waals surface area contributed by atoms with Gasteiger partial charge in [-0.15, -0.1) is 0 Å². The van der Waals surface area contributed by atoms with Gasteiger partial charge in [-0.2, -0.15) is 5.10 Å². The fourth-order valence-electron chi connectivity index (χ4n) is 3.79. The van der Waals surface area contributed by atoms with Crippen molar-refractivity contribution in [1.29, 1.82) is 0 Å². The number of hydrogen-bond acceptors (Lipinski definition) is 5. The minimum Gasteiger partial charge on any atom is -0.324 e. The summed E-state index contributed by atoms with van der Waals surface area (Å²) in [5, 5.41) is 4.85. The van der Waals surface area contributed by atoms with Gasteiger partial charge in [0.25, 0.3) is 0 Å². The van der Waals surface area contributed by atoms with Crippen molar-refractivity contribution in [2.24, 2.45) is 0 Å². The van der Waals surface area contributed by atoms with E-state index in [0.29, 0.717) is 25.4 Å². The lowest BCUT2D eigenvalue weighted by atomic mass is 10.0. The van der Waals surface area contributed by atoms with E-state index in [2.05, 4.69) is 4.98 Å². The molecule has 0 unspecified atom stereocenters. The summed E-state index contributed by atoms with van der Waals surface area (Å²) in [5.41, 5.74) is 5.04. The summed E-state index contributed by atoms with van der Waals surface area (Å²) in [6.45, 7) is 6.94. The first-order valence-electron chi connectivity index (χ1n) is 10.7. The quantitative estimate of drug-likeness (QED) is 0.329. The molecule has 0 bridgehead atoms. The van der Waals surface area contributed by atoms with E-state index in [0.717, 1.165) is 27.9 Å². The average Bonchev–Trinajstić information content (AvgIpc) is 3.19. The Balaban J connectivity index is 1.93. The summed E-state index contributed by atoms with van der Waals surface area (Å²) in [6, 6.07) is 14.1. The molecule has 6 nitrogen and oxygen atoms in total. The molecule has 0 radical (unpaired) electrons. The monoisotopic (exact) mass is 435 g/mol. The highest BCUT2D eigenvalue weighted by molar-refractivity contribution is 5.92. The topological polar surface area (TPSA) is 57.9 Å². The zero-order valence-electron chi connectivity index (χ0n) is 18.4. The van der Waals surface area contributed by atoms with Crippen LogP contribution in [0, 0.1) is 5.82 Å². The van der Waals surface area contributed by atoms with Crippen LogP contribution in [-0.4, -0.2) is 34.4 Å². The Bertz CT molecular complexity index is 1160. The molecule has 4 rings (SSSR count). The SMILES string of the molecule is CCOC(OCC)(OCC)c1ccc2c(-c3ccncc3)c(-c3ccc(F)cc3)nn2c1. The van der Waals surface area contributed by atoms with Crippen molar-refractivity contribution in [3.63, 3.8) is 0 Å². The lowest BCUT2D eigenvalue weighted by molar-refractivity contribution is -0.389. The summed E-state index contributed by atoms with van der Waals surface area (Å²) < 4.78 is 33.1. The third-order valence-corrected chi connectivity index (χ3v) is 5.07. The summed E-state index contributed by atoms with van der Waals surface area (Å²) in [4.78, 5) is 4.13. The minimum atomic E-state index is -1.31. The van der Waals surface area contributed by atoms with Gasteiger partial charge in [0.05, 0.1) is 11.1 Å². The van der Waals surface area contributed by atoms with E-state index in [4.69, 9.17) is 19.3 Å². The Morgan fingerprint density at radius 1 is 0.812 bits per heavy atom. The number of hydrogen-bond donors (Lipinski definition) is 0. The minimum absolute atomic E-state index is 0.291. The molecule has 0 aliphatic carbocycles. The molecule has 0 aliphatic rings. The Kier molecular flexibility index (Phi) is 6.60. The molecule has 7 heteroatoms. The lowest BCUT2D eigenvalue weighted by Gasteiger charge is -2.32. The van der Waals surface area contributed by atoms with Crippen LogP contribution in [0.5, 0.6) is 0 Å². The first kappa shape index (κ1) is 22.1. The molecular formula is C25H26FN3O3. The maximum Gasteiger partial charge on any atom is 0.313 e. The second-order valence-corrected chi connectivity index (χ2v) is 7.07. The molecule has 166 valence electrons. The van der Waals surface area contributed by atoms with Gasteiger partial charge >= 0.3 is 5.97 Å². The number of ether oxygens (including phenoxy) is 3. The highest BCUT2D eigenvalue weighted by atomic mass is 19.1. The van der Waals surface area contributed by atoms with Crippen LogP contribution in [-0.2, 0) is 20.2 Å². The number of halogens is 1. The molecule has 0 atom stereocenters. The molecule has 3 heterocycles. The smallest absolute Gasteiger partial charge is 0.313 e. The molecule has 0 saturated heterocycles. The van der Waals surface area contributed by atoms with Crippen molar-refractivity contribution in [3.8, 4) is 22.4 Å². The van der Waals surface area contributed by atoms with Crippen LogP contribution in [0.3, 0.4) is 0 Å². The normalized spacial score (nSPS) is 11.9. The molecule has 0 spiro atoms. The number of benzene rings is 1. The van der Waals surface area contributed by atoms with E-state index in [1.165, 1.54) is 12.1 Å². The molecule has 32 heavy (non-hydrogen) atoms. The van der Waals surface area contributed by atoms with E-state index in [9.17, 15) is 4.39 Å². The highest BCUT2D eigenvalue weighted by Crippen LogP contribution is 2.37. The van der Waals surface area contributed by atoms with Crippen LogP contribution in [0.1, 0.15) is 26.3 Å². The third kappa shape index (κ3) is 4.14. The second-order valence-electron chi connectivity index (χ2n) is 7.07. The van der Waals surface area contributed by atoms with Crippen LogP contribution in [0.4, 0.5) is 4.39 Å². The second kappa shape index (κ2) is 9.56. The van der Waals surface area contributed by atoms with Crippen molar-refractivity contribution in [1.82, 2.24) is 14.6 Å². The van der Waals surface area contributed by atoms with Crippen LogP contribution in [0.15, 0.2) is 67.1 Å². The van der Waals surface area contributed by atoms with Crippen molar-refractivity contribution >= 4 is 5.52 Å². The van der Waals surface area contributed by atoms with Gasteiger partial charge in [0, 0.05) is 49.5 Å². The van der Waals surface area contributed by atoms with Gasteiger partial charge in [0.1, 0.15) is 11.5 Å². The molecule has 0 aliphatic heterocycles. The van der Waals surface area contributed by atoms with Gasteiger partial charge in [0.15, 0.2) is 0 Å². The number of fused-ring (bicyclic) bond motifs is 1. The fraction of sp³-hybridized carbons (Fsp3) is 0.280. The van der Waals surface area contributed by atoms with Gasteiger partial charge in [0.2, 0.25) is 0 Å². The maximum absolute atomic E-state index is 13.6. The zero-order valence-corrected chi connectivity index (χ0v) is 18.4. The fourth-order valence-corrected chi connectivity index (χ4v) is 3.79. The van der Waals surface area contributed by atoms with E-state index < -0.39 is 5.97 Å². The van der Waals surface area contributed by atoms with E-state index in [1.807, 2.05) is 51.2 Å². The molecule has 0 N–H and O–H groups in total. The van der Waals surface area contributed by atoms with Gasteiger partial charge in [-0.25, -0.2) is 8.91 Å². The van der Waals surface area contributed by atoms with Crippen molar-refractivity contribution in [2.45, 2.75) is 26.7 Å². The Labute approximate surface area is 186 Å². The highest BCUT2D eigenvalue weighted by Gasteiger charge is 2.36. The van der Waals surface area contributed by atoms with Crippen LogP contribution in [0.2, 0.25) is 0 Å². The number of pyridine rings is 2. The first-order chi connectivity index (χ1) is 15.6.